The van der Waals surface area contributed by atoms with E-state index >= 15 is 0 Å². The zero-order valence-corrected chi connectivity index (χ0v) is 12.5. The second kappa shape index (κ2) is 10.3. The molecule has 19 heavy (non-hydrogen) atoms. The molecule has 0 aromatic rings. The molecule has 0 bridgehead atoms. The van der Waals surface area contributed by atoms with Gasteiger partial charge >= 0.3 is 0 Å². The fourth-order valence-electron chi connectivity index (χ4n) is 2.05. The third-order valence-electron chi connectivity index (χ3n) is 2.90. The Morgan fingerprint density at radius 3 is 2.05 bits per heavy atom. The summed E-state index contributed by atoms with van der Waals surface area (Å²) in [5.41, 5.74) is 8.60. The van der Waals surface area contributed by atoms with Gasteiger partial charge in [0.25, 0.3) is 0 Å². The summed E-state index contributed by atoms with van der Waals surface area (Å²) in [5.74, 6) is 0.275. The lowest BCUT2D eigenvalue weighted by Crippen LogP contribution is -2.28. The molecule has 0 saturated heterocycles. The molecule has 0 radical (unpaired) electrons. The Morgan fingerprint density at radius 1 is 1.05 bits per heavy atom. The molecular formula is C18H27N. The van der Waals surface area contributed by atoms with E-state index < -0.39 is 0 Å². The third kappa shape index (κ3) is 6.78. The lowest BCUT2D eigenvalue weighted by molar-refractivity contribution is 0.516. The van der Waals surface area contributed by atoms with E-state index in [-0.39, 0.29) is 12.0 Å². The maximum Gasteiger partial charge on any atom is 0.00825 e. The molecule has 2 N–H and O–H groups in total. The van der Waals surface area contributed by atoms with E-state index in [9.17, 15) is 0 Å². The Hall–Kier alpha value is -1.60. The summed E-state index contributed by atoms with van der Waals surface area (Å²) in [5, 5.41) is 0. The number of rotatable bonds is 8. The van der Waals surface area contributed by atoms with Crippen molar-refractivity contribution in [3.05, 3.63) is 72.9 Å². The predicted octanol–water partition coefficient (Wildman–Crippen LogP) is 4.72. The zero-order valence-electron chi connectivity index (χ0n) is 12.5. The van der Waals surface area contributed by atoms with Crippen LogP contribution >= 0.6 is 0 Å². The molecule has 0 aromatic carbocycles. The van der Waals surface area contributed by atoms with Crippen molar-refractivity contribution in [2.45, 2.75) is 33.2 Å². The van der Waals surface area contributed by atoms with Gasteiger partial charge in [-0.05, 0) is 38.3 Å². The largest absolute Gasteiger partial charge is 0.327 e. The number of hydrogen-bond acceptors (Lipinski definition) is 1. The summed E-state index contributed by atoms with van der Waals surface area (Å²) in [4.78, 5) is 0. The number of nitrogens with two attached hydrogens (primary N) is 1. The molecule has 0 fully saturated rings. The Labute approximate surface area is 118 Å². The van der Waals surface area contributed by atoms with E-state index in [1.165, 1.54) is 11.1 Å². The van der Waals surface area contributed by atoms with Crippen LogP contribution in [-0.2, 0) is 0 Å². The van der Waals surface area contributed by atoms with Crippen LogP contribution in [0.1, 0.15) is 27.2 Å². The molecule has 104 valence electrons. The Bertz CT molecular complexity index is 392. The first-order valence-electron chi connectivity index (χ1n) is 6.75. The minimum Gasteiger partial charge on any atom is -0.327 e. The maximum atomic E-state index is 6.15. The zero-order chi connectivity index (χ0) is 14.7. The van der Waals surface area contributed by atoms with Crippen molar-refractivity contribution in [2.75, 3.05) is 0 Å². The molecule has 1 heteroatoms. The molecule has 1 nitrogen and oxygen atoms in total. The second-order valence-corrected chi connectivity index (χ2v) is 4.55. The lowest BCUT2D eigenvalue weighted by atomic mass is 9.85. The van der Waals surface area contributed by atoms with Crippen LogP contribution < -0.4 is 5.73 Å². The third-order valence-corrected chi connectivity index (χ3v) is 2.90. The summed E-state index contributed by atoms with van der Waals surface area (Å²) in [6, 6.07) is 0.0841. The fraction of sp³-hybridized carbons (Fsp3) is 0.333. The van der Waals surface area contributed by atoms with Gasteiger partial charge in [-0.3, -0.25) is 0 Å². The van der Waals surface area contributed by atoms with Crippen molar-refractivity contribution in [3.63, 3.8) is 0 Å². The van der Waals surface area contributed by atoms with Gasteiger partial charge in [0.1, 0.15) is 0 Å². The van der Waals surface area contributed by atoms with Crippen molar-refractivity contribution in [1.29, 1.82) is 0 Å². The van der Waals surface area contributed by atoms with E-state index in [0.29, 0.717) is 0 Å². The van der Waals surface area contributed by atoms with Gasteiger partial charge in [-0.25, -0.2) is 0 Å². The first-order valence-corrected chi connectivity index (χ1v) is 6.75. The Morgan fingerprint density at radius 2 is 1.63 bits per heavy atom. The first kappa shape index (κ1) is 17.4. The van der Waals surface area contributed by atoms with Gasteiger partial charge in [-0.1, -0.05) is 61.8 Å². The quantitative estimate of drug-likeness (QED) is 0.626. The molecule has 0 spiro atoms. The molecule has 0 aliphatic heterocycles. The standard InChI is InChI=1S/C18H27N/c1-6-10-16(11-7-2)14-18(15(5)19)17(12-8-3)13-9-4/h6-13,15,18H,1,3,14,19H2,2,4-5H3/b11-7-,13-9-,16-10+,17-12+. The average molecular weight is 257 g/mol. The topological polar surface area (TPSA) is 26.0 Å². The lowest BCUT2D eigenvalue weighted by Gasteiger charge is -2.23. The highest BCUT2D eigenvalue weighted by atomic mass is 14.6. The van der Waals surface area contributed by atoms with Crippen LogP contribution in [0.3, 0.4) is 0 Å². The monoisotopic (exact) mass is 257 g/mol. The summed E-state index contributed by atoms with van der Waals surface area (Å²) in [6.07, 6.45) is 16.9. The summed E-state index contributed by atoms with van der Waals surface area (Å²) < 4.78 is 0. The van der Waals surface area contributed by atoms with Crippen molar-refractivity contribution in [1.82, 2.24) is 0 Å². The van der Waals surface area contributed by atoms with Crippen LogP contribution in [0, 0.1) is 5.92 Å². The van der Waals surface area contributed by atoms with Crippen LogP contribution in [0.15, 0.2) is 72.9 Å². The minimum atomic E-state index is 0.0841. The van der Waals surface area contributed by atoms with E-state index in [0.717, 1.165) is 6.42 Å². The fourth-order valence-corrected chi connectivity index (χ4v) is 2.05. The molecule has 2 atom stereocenters. The second-order valence-electron chi connectivity index (χ2n) is 4.55. The summed E-state index contributed by atoms with van der Waals surface area (Å²) >= 11 is 0. The number of allylic oxidation sites excluding steroid dienone is 9. The highest BCUT2D eigenvalue weighted by molar-refractivity contribution is 5.31. The molecule has 0 aliphatic rings. The molecule has 2 unspecified atom stereocenters. The van der Waals surface area contributed by atoms with E-state index in [1.54, 1.807) is 0 Å². The SMILES string of the molecule is C=C/C=C(\C=C/C)CC(C(/C=C\C)=C/C=C)C(C)N. The van der Waals surface area contributed by atoms with Gasteiger partial charge in [-0.2, -0.15) is 0 Å². The van der Waals surface area contributed by atoms with E-state index in [4.69, 9.17) is 5.73 Å². The van der Waals surface area contributed by atoms with Crippen molar-refractivity contribution in [2.24, 2.45) is 11.7 Å². The van der Waals surface area contributed by atoms with E-state index in [2.05, 4.69) is 25.3 Å². The Balaban J connectivity index is 5.30. The van der Waals surface area contributed by atoms with Crippen LogP contribution in [0.4, 0.5) is 0 Å². The number of hydrogen-bond donors (Lipinski definition) is 1. The molecule has 0 saturated carbocycles. The maximum absolute atomic E-state index is 6.15. The molecule has 0 rings (SSSR count). The van der Waals surface area contributed by atoms with Gasteiger partial charge in [-0.15, -0.1) is 0 Å². The van der Waals surface area contributed by atoms with Gasteiger partial charge in [0.15, 0.2) is 0 Å². The van der Waals surface area contributed by atoms with Crippen molar-refractivity contribution < 1.29 is 0 Å². The van der Waals surface area contributed by atoms with Crippen LogP contribution in [-0.4, -0.2) is 6.04 Å². The van der Waals surface area contributed by atoms with E-state index in [1.807, 2.05) is 57.2 Å². The van der Waals surface area contributed by atoms with Crippen LogP contribution in [0.5, 0.6) is 0 Å². The van der Waals surface area contributed by atoms with Gasteiger partial charge in [0, 0.05) is 12.0 Å². The normalized spacial score (nSPS) is 16.8. The average Bonchev–Trinajstić information content (AvgIpc) is 2.36. The highest BCUT2D eigenvalue weighted by Crippen LogP contribution is 2.25. The van der Waals surface area contributed by atoms with Gasteiger partial charge in [0.05, 0.1) is 0 Å². The Kier molecular flexibility index (Phi) is 9.46. The van der Waals surface area contributed by atoms with Gasteiger partial charge < -0.3 is 5.73 Å². The summed E-state index contributed by atoms with van der Waals surface area (Å²) in [6.45, 7) is 13.6. The van der Waals surface area contributed by atoms with Crippen LogP contribution in [0.25, 0.3) is 0 Å². The minimum absolute atomic E-state index is 0.0841. The molecular weight excluding hydrogens is 230 g/mol. The molecule has 0 heterocycles. The van der Waals surface area contributed by atoms with Crippen molar-refractivity contribution in [3.8, 4) is 0 Å². The summed E-state index contributed by atoms with van der Waals surface area (Å²) in [7, 11) is 0. The first-order chi connectivity index (χ1) is 9.10. The van der Waals surface area contributed by atoms with Crippen LogP contribution in [0.2, 0.25) is 0 Å². The highest BCUT2D eigenvalue weighted by Gasteiger charge is 2.17. The molecule has 0 aromatic heterocycles. The molecule has 0 aliphatic carbocycles. The van der Waals surface area contributed by atoms with Gasteiger partial charge in [0.2, 0.25) is 0 Å². The smallest absolute Gasteiger partial charge is 0.00825 e. The molecule has 0 amide bonds. The predicted molar refractivity (Wildman–Crippen MR) is 87.9 cm³/mol. The van der Waals surface area contributed by atoms with Crippen molar-refractivity contribution >= 4 is 0 Å².